The van der Waals surface area contributed by atoms with Crippen molar-refractivity contribution in [3.05, 3.63) is 30.1 Å². The molecule has 2 aromatic heterocycles. The van der Waals surface area contributed by atoms with E-state index in [-0.39, 0.29) is 5.91 Å². The summed E-state index contributed by atoms with van der Waals surface area (Å²) >= 11 is 0. The van der Waals surface area contributed by atoms with Gasteiger partial charge in [0, 0.05) is 30.1 Å². The number of nitrogens with one attached hydrogen (secondary N) is 1. The summed E-state index contributed by atoms with van der Waals surface area (Å²) in [4.78, 5) is 18.8. The molecule has 4 rings (SSSR count). The van der Waals surface area contributed by atoms with Crippen molar-refractivity contribution in [2.45, 2.75) is 25.4 Å². The maximum absolute atomic E-state index is 12.3. The summed E-state index contributed by atoms with van der Waals surface area (Å²) in [7, 11) is 4.08. The fourth-order valence-electron chi connectivity index (χ4n) is 2.75. The zero-order valence-corrected chi connectivity index (χ0v) is 13.9. The van der Waals surface area contributed by atoms with E-state index in [1.54, 1.807) is 12.4 Å². The van der Waals surface area contributed by atoms with Gasteiger partial charge in [-0.05, 0) is 45.1 Å². The van der Waals surface area contributed by atoms with Gasteiger partial charge >= 0.3 is 0 Å². The summed E-state index contributed by atoms with van der Waals surface area (Å²) in [5.41, 5.74) is 2.98. The van der Waals surface area contributed by atoms with Crippen LogP contribution in [0.1, 0.15) is 23.2 Å². The summed E-state index contributed by atoms with van der Waals surface area (Å²) in [5.74, 6) is -0.0243. The lowest BCUT2D eigenvalue weighted by Gasteiger charge is -2.11. The number of hydrogen-bond donors (Lipinski definition) is 1. The van der Waals surface area contributed by atoms with Crippen LogP contribution in [0.25, 0.3) is 22.1 Å². The molecule has 1 N–H and O–H groups in total. The number of aromatic nitrogens is 4. The standard InChI is InChI=1S/C17H20N6O/c1-22(2)7-8-23-10-18-16-15(23)13-9-11(3-6-14(13)20-21-16)17(24)19-12-4-5-12/h3,6,9-10,12H,4-5,7-8H2,1-2H3,(H,19,24). The predicted octanol–water partition coefficient (Wildman–Crippen LogP) is 1.43. The van der Waals surface area contributed by atoms with Crippen LogP contribution in [0.5, 0.6) is 0 Å². The first-order valence-corrected chi connectivity index (χ1v) is 8.19. The van der Waals surface area contributed by atoms with Gasteiger partial charge in [-0.2, -0.15) is 0 Å². The molecular weight excluding hydrogens is 304 g/mol. The number of imidazole rings is 1. The molecule has 124 valence electrons. The maximum Gasteiger partial charge on any atom is 0.251 e. The summed E-state index contributed by atoms with van der Waals surface area (Å²) in [5, 5.41) is 12.4. The van der Waals surface area contributed by atoms with Crippen LogP contribution in [0.2, 0.25) is 0 Å². The van der Waals surface area contributed by atoms with E-state index in [2.05, 4.69) is 30.0 Å². The third-order valence-corrected chi connectivity index (χ3v) is 4.29. The number of likely N-dealkylation sites (N-methyl/N-ethyl adjacent to an activating group) is 1. The first-order chi connectivity index (χ1) is 11.6. The molecule has 1 aliphatic rings. The largest absolute Gasteiger partial charge is 0.349 e. The number of amides is 1. The molecule has 1 saturated carbocycles. The minimum Gasteiger partial charge on any atom is -0.349 e. The second-order valence-electron chi connectivity index (χ2n) is 6.59. The Hall–Kier alpha value is -2.54. The normalized spacial score (nSPS) is 14.6. The summed E-state index contributed by atoms with van der Waals surface area (Å²) in [6.45, 7) is 1.71. The molecular formula is C17H20N6O. The van der Waals surface area contributed by atoms with E-state index < -0.39 is 0 Å². The molecule has 0 radical (unpaired) electrons. The van der Waals surface area contributed by atoms with Gasteiger partial charge in [-0.3, -0.25) is 4.79 Å². The molecule has 1 aromatic carbocycles. The van der Waals surface area contributed by atoms with E-state index in [0.717, 1.165) is 42.4 Å². The Bertz CT molecular complexity index is 912. The van der Waals surface area contributed by atoms with Gasteiger partial charge in [0.15, 0.2) is 0 Å². The highest BCUT2D eigenvalue weighted by Gasteiger charge is 2.24. The number of hydrogen-bond acceptors (Lipinski definition) is 5. The van der Waals surface area contributed by atoms with Crippen molar-refractivity contribution in [3.63, 3.8) is 0 Å². The predicted molar refractivity (Wildman–Crippen MR) is 91.9 cm³/mol. The lowest BCUT2D eigenvalue weighted by Crippen LogP contribution is -2.25. The van der Waals surface area contributed by atoms with Crippen LogP contribution in [0.15, 0.2) is 24.5 Å². The molecule has 0 atom stereocenters. The number of fused-ring (bicyclic) bond motifs is 3. The second kappa shape index (κ2) is 5.83. The van der Waals surface area contributed by atoms with Gasteiger partial charge in [0.1, 0.15) is 0 Å². The van der Waals surface area contributed by atoms with E-state index in [1.807, 2.05) is 26.2 Å². The van der Waals surface area contributed by atoms with Crippen molar-refractivity contribution in [1.82, 2.24) is 30.0 Å². The number of carbonyl (C=O) groups is 1. The average Bonchev–Trinajstić information content (AvgIpc) is 3.28. The third kappa shape index (κ3) is 2.82. The smallest absolute Gasteiger partial charge is 0.251 e. The fraction of sp³-hybridized carbons (Fsp3) is 0.412. The molecule has 7 nitrogen and oxygen atoms in total. The second-order valence-corrected chi connectivity index (χ2v) is 6.59. The van der Waals surface area contributed by atoms with Crippen LogP contribution in [-0.4, -0.2) is 57.2 Å². The molecule has 1 aliphatic carbocycles. The molecule has 0 spiro atoms. The monoisotopic (exact) mass is 324 g/mol. The highest BCUT2D eigenvalue weighted by Crippen LogP contribution is 2.24. The van der Waals surface area contributed by atoms with Crippen LogP contribution >= 0.6 is 0 Å². The highest BCUT2D eigenvalue weighted by atomic mass is 16.1. The van der Waals surface area contributed by atoms with Gasteiger partial charge in [-0.25, -0.2) is 4.98 Å². The number of carbonyl (C=O) groups excluding carboxylic acids is 1. The summed E-state index contributed by atoms with van der Waals surface area (Å²) in [6, 6.07) is 5.90. The van der Waals surface area contributed by atoms with Crippen molar-refractivity contribution < 1.29 is 4.79 Å². The molecule has 24 heavy (non-hydrogen) atoms. The van der Waals surface area contributed by atoms with E-state index in [0.29, 0.717) is 17.3 Å². The van der Waals surface area contributed by atoms with Crippen molar-refractivity contribution in [3.8, 4) is 0 Å². The van der Waals surface area contributed by atoms with Crippen LogP contribution in [0.4, 0.5) is 0 Å². The van der Waals surface area contributed by atoms with Crippen molar-refractivity contribution in [2.75, 3.05) is 20.6 Å². The number of nitrogens with zero attached hydrogens (tertiary/aromatic N) is 5. The van der Waals surface area contributed by atoms with E-state index in [1.165, 1.54) is 0 Å². The molecule has 0 aliphatic heterocycles. The zero-order chi connectivity index (χ0) is 16.7. The van der Waals surface area contributed by atoms with E-state index >= 15 is 0 Å². The number of rotatable bonds is 5. The van der Waals surface area contributed by atoms with Crippen LogP contribution in [0.3, 0.4) is 0 Å². The minimum atomic E-state index is -0.0243. The third-order valence-electron chi connectivity index (χ3n) is 4.29. The Morgan fingerprint density at radius 2 is 2.17 bits per heavy atom. The van der Waals surface area contributed by atoms with E-state index in [9.17, 15) is 4.79 Å². The Morgan fingerprint density at radius 3 is 2.92 bits per heavy atom. The number of benzene rings is 1. The van der Waals surface area contributed by atoms with Crippen LogP contribution in [0, 0.1) is 0 Å². The molecule has 0 unspecified atom stereocenters. The summed E-state index contributed by atoms with van der Waals surface area (Å²) < 4.78 is 2.08. The zero-order valence-electron chi connectivity index (χ0n) is 13.9. The van der Waals surface area contributed by atoms with Crippen molar-refractivity contribution in [1.29, 1.82) is 0 Å². The average molecular weight is 324 g/mol. The quantitative estimate of drug-likeness (QED) is 0.768. The van der Waals surface area contributed by atoms with Gasteiger partial charge in [-0.1, -0.05) is 0 Å². The van der Waals surface area contributed by atoms with Crippen molar-refractivity contribution >= 4 is 28.0 Å². The topological polar surface area (TPSA) is 75.9 Å². The first-order valence-electron chi connectivity index (χ1n) is 8.19. The molecule has 0 saturated heterocycles. The molecule has 3 aromatic rings. The lowest BCUT2D eigenvalue weighted by molar-refractivity contribution is 0.0951. The van der Waals surface area contributed by atoms with Gasteiger partial charge in [0.2, 0.25) is 5.65 Å². The maximum atomic E-state index is 12.3. The molecule has 7 heteroatoms. The van der Waals surface area contributed by atoms with Crippen molar-refractivity contribution in [2.24, 2.45) is 0 Å². The minimum absolute atomic E-state index is 0.0243. The molecule has 1 fully saturated rings. The SMILES string of the molecule is CN(C)CCn1cnc2nnc3ccc(C(=O)NC4CC4)cc3c21. The lowest BCUT2D eigenvalue weighted by atomic mass is 10.1. The van der Waals surface area contributed by atoms with Crippen LogP contribution < -0.4 is 5.32 Å². The molecule has 1 amide bonds. The highest BCUT2D eigenvalue weighted by molar-refractivity contribution is 6.05. The van der Waals surface area contributed by atoms with Crippen LogP contribution in [-0.2, 0) is 6.54 Å². The van der Waals surface area contributed by atoms with Gasteiger partial charge in [0.25, 0.3) is 5.91 Å². The Kier molecular flexibility index (Phi) is 3.65. The summed E-state index contributed by atoms with van der Waals surface area (Å²) in [6.07, 6.45) is 3.94. The Labute approximate surface area is 139 Å². The Balaban J connectivity index is 1.78. The Morgan fingerprint density at radius 1 is 1.33 bits per heavy atom. The molecule has 2 heterocycles. The first kappa shape index (κ1) is 15.0. The fourth-order valence-corrected chi connectivity index (χ4v) is 2.75. The van der Waals surface area contributed by atoms with Gasteiger partial charge < -0.3 is 14.8 Å². The van der Waals surface area contributed by atoms with E-state index in [4.69, 9.17) is 0 Å². The van der Waals surface area contributed by atoms with Gasteiger partial charge in [-0.15, -0.1) is 10.2 Å². The van der Waals surface area contributed by atoms with Gasteiger partial charge in [0.05, 0.1) is 17.4 Å². The molecule has 0 bridgehead atoms.